The molecule has 0 atom stereocenters. The predicted molar refractivity (Wildman–Crippen MR) is 95.5 cm³/mol. The van der Waals surface area contributed by atoms with Crippen molar-refractivity contribution in [3.8, 4) is 5.75 Å². The Hall–Kier alpha value is -1.65. The Morgan fingerprint density at radius 2 is 2.04 bits per heavy atom. The van der Waals surface area contributed by atoms with Gasteiger partial charge in [-0.1, -0.05) is 39.0 Å². The maximum absolute atomic E-state index is 11.8. The lowest BCUT2D eigenvalue weighted by Crippen LogP contribution is -2.20. The molecule has 1 heterocycles. The molecule has 1 aromatic heterocycles. The number of amides is 1. The van der Waals surface area contributed by atoms with Crippen LogP contribution in [0, 0.1) is 0 Å². The third-order valence-corrected chi connectivity index (χ3v) is 4.93. The molecule has 0 saturated heterocycles. The lowest BCUT2D eigenvalue weighted by molar-refractivity contribution is -0.139. The van der Waals surface area contributed by atoms with E-state index in [0.29, 0.717) is 21.8 Å². The Bertz CT molecular complexity index is 694. The number of halogens is 1. The minimum Gasteiger partial charge on any atom is -0.484 e. The Morgan fingerprint density at radius 1 is 1.29 bits per heavy atom. The highest BCUT2D eigenvalue weighted by Gasteiger charge is 2.11. The summed E-state index contributed by atoms with van der Waals surface area (Å²) in [5.41, 5.74) is 0. The topological polar surface area (TPSA) is 90.4 Å². The predicted octanol–water partition coefficient (Wildman–Crippen LogP) is 2.97. The van der Waals surface area contributed by atoms with Gasteiger partial charge in [0.05, 0.1) is 12.4 Å². The van der Waals surface area contributed by atoms with E-state index in [1.165, 1.54) is 23.1 Å². The second-order valence-corrected chi connectivity index (χ2v) is 7.37. The monoisotopic (exact) mass is 431 g/mol. The van der Waals surface area contributed by atoms with Gasteiger partial charge in [0.25, 0.3) is 5.91 Å². The second-order valence-electron chi connectivity index (χ2n) is 4.26. The molecule has 1 N–H and O–H groups in total. The Labute approximate surface area is 155 Å². The molecule has 0 spiro atoms. The highest BCUT2D eigenvalue weighted by atomic mass is 79.9. The number of nitrogens with one attached hydrogen (secondary N) is 1. The molecule has 128 valence electrons. The van der Waals surface area contributed by atoms with Gasteiger partial charge >= 0.3 is 5.97 Å². The van der Waals surface area contributed by atoms with Crippen LogP contribution in [0.3, 0.4) is 0 Å². The van der Waals surface area contributed by atoms with Gasteiger partial charge in [-0.05, 0) is 31.2 Å². The van der Waals surface area contributed by atoms with Crippen LogP contribution in [0.1, 0.15) is 6.92 Å². The first-order chi connectivity index (χ1) is 11.6. The van der Waals surface area contributed by atoms with Crippen molar-refractivity contribution in [2.24, 2.45) is 0 Å². The van der Waals surface area contributed by atoms with Gasteiger partial charge in [-0.15, -0.1) is 10.2 Å². The lowest BCUT2D eigenvalue weighted by atomic mass is 10.3. The number of esters is 1. The fourth-order valence-corrected chi connectivity index (χ4v) is 3.31. The molecule has 7 nitrogen and oxygen atoms in total. The van der Waals surface area contributed by atoms with Gasteiger partial charge in [-0.25, -0.2) is 0 Å². The molecule has 10 heteroatoms. The van der Waals surface area contributed by atoms with Crippen LogP contribution in [-0.2, 0) is 14.3 Å². The summed E-state index contributed by atoms with van der Waals surface area (Å²) in [5, 5.41) is 10.7. The van der Waals surface area contributed by atoms with E-state index in [0.717, 1.165) is 4.47 Å². The number of thioether (sulfide) groups is 1. The van der Waals surface area contributed by atoms with Gasteiger partial charge in [-0.3, -0.25) is 14.9 Å². The summed E-state index contributed by atoms with van der Waals surface area (Å²) in [4.78, 5) is 23.1. The molecular formula is C14H14BrN3O4S2. The van der Waals surface area contributed by atoms with Gasteiger partial charge in [-0.2, -0.15) is 0 Å². The highest BCUT2D eigenvalue weighted by Crippen LogP contribution is 2.25. The van der Waals surface area contributed by atoms with Crippen LogP contribution in [0.25, 0.3) is 0 Å². The van der Waals surface area contributed by atoms with Crippen LogP contribution < -0.4 is 10.1 Å². The molecule has 0 aliphatic carbocycles. The average molecular weight is 432 g/mol. The van der Waals surface area contributed by atoms with Gasteiger partial charge < -0.3 is 9.47 Å². The molecule has 24 heavy (non-hydrogen) atoms. The lowest BCUT2D eigenvalue weighted by Gasteiger charge is -2.05. The van der Waals surface area contributed by atoms with Crippen LogP contribution in [0.2, 0.25) is 0 Å². The number of benzene rings is 1. The molecule has 2 aromatic rings. The summed E-state index contributed by atoms with van der Waals surface area (Å²) in [5.74, 6) is 0.0989. The molecule has 1 aromatic carbocycles. The molecule has 2 rings (SSSR count). The second kappa shape index (κ2) is 9.60. The zero-order valence-electron chi connectivity index (χ0n) is 12.7. The fraction of sp³-hybridized carbons (Fsp3) is 0.286. The van der Waals surface area contributed by atoms with Gasteiger partial charge in [0, 0.05) is 4.47 Å². The number of hydrogen-bond donors (Lipinski definition) is 1. The quantitative estimate of drug-likeness (QED) is 0.390. The number of nitrogens with zero attached hydrogens (tertiary/aromatic N) is 2. The summed E-state index contributed by atoms with van der Waals surface area (Å²) < 4.78 is 11.7. The van der Waals surface area contributed by atoms with E-state index >= 15 is 0 Å². The van der Waals surface area contributed by atoms with Crippen molar-refractivity contribution in [1.29, 1.82) is 0 Å². The standard InChI is InChI=1S/C14H14BrN3O4S2/c1-2-21-12(20)8-23-14-18-17-13(24-14)16-11(19)7-22-10-5-3-9(15)4-6-10/h3-6H,2,7-8H2,1H3,(H,16,17,19). The Morgan fingerprint density at radius 3 is 2.75 bits per heavy atom. The molecule has 0 radical (unpaired) electrons. The van der Waals surface area contributed by atoms with E-state index in [9.17, 15) is 9.59 Å². The van der Waals surface area contributed by atoms with Crippen molar-refractivity contribution in [1.82, 2.24) is 10.2 Å². The number of aromatic nitrogens is 2. The normalized spacial score (nSPS) is 10.2. The van der Waals surface area contributed by atoms with Crippen LogP contribution in [0.15, 0.2) is 33.1 Å². The maximum Gasteiger partial charge on any atom is 0.316 e. The summed E-state index contributed by atoms with van der Waals surface area (Å²) in [6.07, 6.45) is 0. The first kappa shape index (κ1) is 18.7. The zero-order valence-corrected chi connectivity index (χ0v) is 15.9. The number of carbonyl (C=O) groups is 2. The molecule has 1 amide bonds. The smallest absolute Gasteiger partial charge is 0.316 e. The number of hydrogen-bond acceptors (Lipinski definition) is 8. The largest absolute Gasteiger partial charge is 0.484 e. The van der Waals surface area contributed by atoms with Crippen molar-refractivity contribution in [2.75, 3.05) is 24.3 Å². The number of ether oxygens (including phenoxy) is 2. The van der Waals surface area contributed by atoms with E-state index in [4.69, 9.17) is 9.47 Å². The molecule has 0 bridgehead atoms. The van der Waals surface area contributed by atoms with Crippen molar-refractivity contribution >= 4 is 56.0 Å². The van der Waals surface area contributed by atoms with Gasteiger partial charge in [0.2, 0.25) is 5.13 Å². The third-order valence-electron chi connectivity index (χ3n) is 2.46. The summed E-state index contributed by atoms with van der Waals surface area (Å²) >= 11 is 5.72. The number of rotatable bonds is 8. The molecule has 0 fully saturated rings. The summed E-state index contributed by atoms with van der Waals surface area (Å²) in [6.45, 7) is 1.96. The van der Waals surface area contributed by atoms with Crippen molar-refractivity contribution in [3.63, 3.8) is 0 Å². The Balaban J connectivity index is 1.75. The number of carbonyl (C=O) groups excluding carboxylic acids is 2. The van der Waals surface area contributed by atoms with Crippen molar-refractivity contribution in [2.45, 2.75) is 11.3 Å². The first-order valence-corrected chi connectivity index (χ1v) is 9.46. The average Bonchev–Trinajstić information content (AvgIpc) is 3.00. The van der Waals surface area contributed by atoms with Crippen LogP contribution >= 0.6 is 39.0 Å². The van der Waals surface area contributed by atoms with E-state index in [1.54, 1.807) is 19.1 Å². The minimum atomic E-state index is -0.337. The summed E-state index contributed by atoms with van der Waals surface area (Å²) in [7, 11) is 0. The summed E-state index contributed by atoms with van der Waals surface area (Å²) in [6, 6.07) is 7.16. The van der Waals surface area contributed by atoms with Crippen LogP contribution in [-0.4, -0.2) is 41.0 Å². The number of anilines is 1. The Kier molecular flexibility index (Phi) is 7.47. The van der Waals surface area contributed by atoms with Crippen molar-refractivity contribution in [3.05, 3.63) is 28.7 Å². The molecular weight excluding hydrogens is 418 g/mol. The molecule has 0 saturated carbocycles. The van der Waals surface area contributed by atoms with Crippen molar-refractivity contribution < 1.29 is 19.1 Å². The maximum atomic E-state index is 11.8. The van der Waals surface area contributed by atoms with Gasteiger partial charge in [0.15, 0.2) is 10.9 Å². The third kappa shape index (κ3) is 6.46. The SMILES string of the molecule is CCOC(=O)CSc1nnc(NC(=O)COc2ccc(Br)cc2)s1. The van der Waals surface area contributed by atoms with Crippen LogP contribution in [0.5, 0.6) is 5.75 Å². The van der Waals surface area contributed by atoms with E-state index in [2.05, 4.69) is 31.4 Å². The molecule has 0 unspecified atom stereocenters. The van der Waals surface area contributed by atoms with Gasteiger partial charge in [0.1, 0.15) is 5.75 Å². The fourth-order valence-electron chi connectivity index (χ4n) is 1.48. The highest BCUT2D eigenvalue weighted by molar-refractivity contribution is 9.10. The van der Waals surface area contributed by atoms with E-state index in [1.807, 2.05) is 12.1 Å². The zero-order chi connectivity index (χ0) is 17.4. The van der Waals surface area contributed by atoms with E-state index in [-0.39, 0.29) is 24.2 Å². The van der Waals surface area contributed by atoms with E-state index < -0.39 is 0 Å². The minimum absolute atomic E-state index is 0.132. The molecule has 0 aliphatic heterocycles. The molecule has 0 aliphatic rings. The first-order valence-electron chi connectivity index (χ1n) is 6.87. The van der Waals surface area contributed by atoms with Crippen LogP contribution in [0.4, 0.5) is 5.13 Å².